The maximum Gasteiger partial charge on any atom is 0.305 e. The van der Waals surface area contributed by atoms with E-state index in [0.717, 1.165) is 20.8 Å². The van der Waals surface area contributed by atoms with Gasteiger partial charge >= 0.3 is 23.9 Å². The summed E-state index contributed by atoms with van der Waals surface area (Å²) < 4.78 is 26.0. The number of nitrogens with two attached hydrogens (primary N) is 1. The van der Waals surface area contributed by atoms with Crippen molar-refractivity contribution in [1.82, 2.24) is 0 Å². The molecule has 0 bridgehead atoms. The van der Waals surface area contributed by atoms with Crippen LogP contribution in [0.1, 0.15) is 27.7 Å². The first-order valence-corrected chi connectivity index (χ1v) is 7.74. The van der Waals surface area contributed by atoms with Crippen molar-refractivity contribution in [3.8, 4) is 0 Å². The van der Waals surface area contributed by atoms with Crippen LogP contribution < -0.4 is 5.73 Å². The van der Waals surface area contributed by atoms with Gasteiger partial charge in [0, 0.05) is 27.7 Å². The van der Waals surface area contributed by atoms with E-state index in [1.165, 1.54) is 13.0 Å². The van der Waals surface area contributed by atoms with Crippen molar-refractivity contribution in [2.45, 2.75) is 57.8 Å². The molecule has 0 aliphatic carbocycles. The van der Waals surface area contributed by atoms with Crippen LogP contribution in [-0.4, -0.2) is 60.6 Å². The largest absolute Gasteiger partial charge is 0.463 e. The molecular formula is C16H23NO9. The molecule has 0 aromatic carbocycles. The van der Waals surface area contributed by atoms with Gasteiger partial charge in [-0.1, -0.05) is 6.08 Å². The Labute approximate surface area is 150 Å². The van der Waals surface area contributed by atoms with Gasteiger partial charge in [-0.2, -0.15) is 0 Å². The van der Waals surface area contributed by atoms with E-state index in [4.69, 9.17) is 29.4 Å². The summed E-state index contributed by atoms with van der Waals surface area (Å²) >= 11 is 0. The number of carbonyl (C=O) groups is 4. The van der Waals surface area contributed by atoms with Gasteiger partial charge in [0.25, 0.3) is 0 Å². The van der Waals surface area contributed by atoms with E-state index in [2.05, 4.69) is 6.58 Å². The molecule has 0 saturated carbocycles. The zero-order chi connectivity index (χ0) is 20.1. The second-order valence-corrected chi connectivity index (χ2v) is 5.73. The minimum absolute atomic E-state index is 0.351. The van der Waals surface area contributed by atoms with Crippen molar-refractivity contribution in [2.24, 2.45) is 5.73 Å². The molecule has 26 heavy (non-hydrogen) atoms. The molecule has 1 rings (SSSR count). The lowest BCUT2D eigenvalue weighted by Crippen LogP contribution is -2.72. The molecule has 1 heterocycles. The van der Waals surface area contributed by atoms with E-state index in [1.54, 1.807) is 0 Å². The molecule has 5 atom stereocenters. The van der Waals surface area contributed by atoms with Crippen LogP contribution in [0.15, 0.2) is 12.7 Å². The second-order valence-electron chi connectivity index (χ2n) is 5.73. The fraction of sp³-hybridized carbons (Fsp3) is 0.625. The van der Waals surface area contributed by atoms with Gasteiger partial charge in [0.2, 0.25) is 6.29 Å². The van der Waals surface area contributed by atoms with E-state index in [1.807, 2.05) is 0 Å². The lowest BCUT2D eigenvalue weighted by atomic mass is 9.83. The van der Waals surface area contributed by atoms with Gasteiger partial charge in [0.15, 0.2) is 12.2 Å². The molecular weight excluding hydrogens is 350 g/mol. The van der Waals surface area contributed by atoms with Crippen molar-refractivity contribution in [1.29, 1.82) is 0 Å². The van der Waals surface area contributed by atoms with Gasteiger partial charge < -0.3 is 29.4 Å². The molecule has 2 N–H and O–H groups in total. The number of hydrogen-bond acceptors (Lipinski definition) is 10. The summed E-state index contributed by atoms with van der Waals surface area (Å²) in [6.07, 6.45) is -3.89. The van der Waals surface area contributed by atoms with E-state index in [-0.39, 0.29) is 6.61 Å². The van der Waals surface area contributed by atoms with Crippen LogP contribution >= 0.6 is 0 Å². The van der Waals surface area contributed by atoms with Crippen molar-refractivity contribution < 1.29 is 42.9 Å². The smallest absolute Gasteiger partial charge is 0.305 e. The third-order valence-corrected chi connectivity index (χ3v) is 3.54. The van der Waals surface area contributed by atoms with Gasteiger partial charge in [-0.15, -0.1) is 6.58 Å². The molecule has 10 nitrogen and oxygen atoms in total. The number of esters is 4. The zero-order valence-corrected chi connectivity index (χ0v) is 15.1. The van der Waals surface area contributed by atoms with Crippen LogP contribution in [0.2, 0.25) is 0 Å². The summed E-state index contributed by atoms with van der Waals surface area (Å²) in [5.74, 6) is -2.76. The quantitative estimate of drug-likeness (QED) is 0.371. The highest BCUT2D eigenvalue weighted by molar-refractivity contribution is 5.68. The Hall–Kier alpha value is -2.46. The molecule has 1 aliphatic heterocycles. The van der Waals surface area contributed by atoms with Crippen LogP contribution in [0.25, 0.3) is 0 Å². The average molecular weight is 373 g/mol. The Bertz CT molecular complexity index is 590. The standard InChI is InChI=1S/C16H23NO9/c1-6-16(17)14(24-10(4)20)13(23-9(3)19)12(7-22-8(2)18)26-15(16)25-11(5)21/h6,12-15H,1,7,17H2,2-5H3/t12-,13-,14+,15-,16+/m1/s1. The number of ether oxygens (including phenoxy) is 5. The fourth-order valence-electron chi connectivity index (χ4n) is 2.47. The van der Waals surface area contributed by atoms with Crippen molar-refractivity contribution in [3.05, 3.63) is 12.7 Å². The van der Waals surface area contributed by atoms with E-state index in [0.29, 0.717) is 0 Å². The van der Waals surface area contributed by atoms with Crippen molar-refractivity contribution in [2.75, 3.05) is 6.61 Å². The third kappa shape index (κ3) is 5.27. The van der Waals surface area contributed by atoms with Crippen LogP contribution in [-0.2, 0) is 42.9 Å². The molecule has 0 unspecified atom stereocenters. The number of hydrogen-bond donors (Lipinski definition) is 1. The lowest BCUT2D eigenvalue weighted by molar-refractivity contribution is -0.281. The first kappa shape index (κ1) is 21.6. The van der Waals surface area contributed by atoms with E-state index < -0.39 is 54.0 Å². The maximum absolute atomic E-state index is 11.6. The molecule has 0 aromatic heterocycles. The molecule has 0 aromatic rings. The minimum Gasteiger partial charge on any atom is -0.463 e. The van der Waals surface area contributed by atoms with Gasteiger partial charge in [-0.25, -0.2) is 0 Å². The molecule has 10 heteroatoms. The van der Waals surface area contributed by atoms with Crippen LogP contribution in [0.5, 0.6) is 0 Å². The van der Waals surface area contributed by atoms with Gasteiger partial charge in [0.05, 0.1) is 0 Å². The van der Waals surface area contributed by atoms with Gasteiger partial charge in [0.1, 0.15) is 18.2 Å². The SMILES string of the molecule is C=C[C@@]1(N)[C@H](OC(C)=O)O[C@H](COC(C)=O)[C@@H](OC(C)=O)[C@@H]1OC(C)=O. The first-order valence-electron chi connectivity index (χ1n) is 7.74. The predicted molar refractivity (Wildman–Crippen MR) is 85.3 cm³/mol. The number of carbonyl (C=O) groups excluding carboxylic acids is 4. The molecule has 0 radical (unpaired) electrons. The molecule has 146 valence electrons. The maximum atomic E-state index is 11.6. The highest BCUT2D eigenvalue weighted by Crippen LogP contribution is 2.34. The summed E-state index contributed by atoms with van der Waals surface area (Å²) in [5, 5.41) is 0. The van der Waals surface area contributed by atoms with Crippen molar-refractivity contribution >= 4 is 23.9 Å². The van der Waals surface area contributed by atoms with Crippen molar-refractivity contribution in [3.63, 3.8) is 0 Å². The minimum atomic E-state index is -1.72. The Morgan fingerprint density at radius 1 is 1.00 bits per heavy atom. The highest BCUT2D eigenvalue weighted by Gasteiger charge is 2.58. The summed E-state index contributed by atoms with van der Waals surface area (Å²) in [6, 6.07) is 0. The predicted octanol–water partition coefficient (Wildman–Crippen LogP) is -0.416. The van der Waals surface area contributed by atoms with E-state index >= 15 is 0 Å². The third-order valence-electron chi connectivity index (χ3n) is 3.54. The highest BCUT2D eigenvalue weighted by atomic mass is 16.7. The molecule has 0 spiro atoms. The van der Waals surface area contributed by atoms with Crippen LogP contribution in [0.4, 0.5) is 0 Å². The summed E-state index contributed by atoms with van der Waals surface area (Å²) in [7, 11) is 0. The van der Waals surface area contributed by atoms with Gasteiger partial charge in [-0.3, -0.25) is 19.2 Å². The fourth-order valence-corrected chi connectivity index (χ4v) is 2.47. The second kappa shape index (κ2) is 8.77. The Balaban J connectivity index is 3.34. The Morgan fingerprint density at radius 2 is 1.54 bits per heavy atom. The monoisotopic (exact) mass is 373 g/mol. The lowest BCUT2D eigenvalue weighted by Gasteiger charge is -2.48. The van der Waals surface area contributed by atoms with Crippen LogP contribution in [0.3, 0.4) is 0 Å². The molecule has 1 aliphatic rings. The topological polar surface area (TPSA) is 140 Å². The Morgan fingerprint density at radius 3 is 1.96 bits per heavy atom. The number of rotatable bonds is 6. The van der Waals surface area contributed by atoms with Gasteiger partial charge in [-0.05, 0) is 0 Å². The first-order chi connectivity index (χ1) is 12.0. The summed E-state index contributed by atoms with van der Waals surface area (Å²) in [4.78, 5) is 45.6. The Kier molecular flexibility index (Phi) is 7.28. The summed E-state index contributed by atoms with van der Waals surface area (Å²) in [6.45, 7) is 7.79. The molecule has 1 fully saturated rings. The zero-order valence-electron chi connectivity index (χ0n) is 15.1. The molecule has 0 amide bonds. The normalized spacial score (nSPS) is 30.7. The summed E-state index contributed by atoms with van der Waals surface area (Å²) in [5.41, 5.74) is 4.51. The average Bonchev–Trinajstić information content (AvgIpc) is 2.51. The van der Waals surface area contributed by atoms with Crippen LogP contribution in [0, 0.1) is 0 Å². The molecule has 1 saturated heterocycles. The van der Waals surface area contributed by atoms with E-state index in [9.17, 15) is 19.2 Å².